The van der Waals surface area contributed by atoms with E-state index >= 15 is 0 Å². The zero-order valence-corrected chi connectivity index (χ0v) is 14.0. The molecule has 1 amide bonds. The van der Waals surface area contributed by atoms with Crippen molar-refractivity contribution in [1.82, 2.24) is 5.32 Å². The fourth-order valence-corrected chi connectivity index (χ4v) is 3.94. The van der Waals surface area contributed by atoms with Crippen LogP contribution in [0.3, 0.4) is 0 Å². The summed E-state index contributed by atoms with van der Waals surface area (Å²) in [6.07, 6.45) is 7.55. The van der Waals surface area contributed by atoms with Gasteiger partial charge in [-0.15, -0.1) is 0 Å². The van der Waals surface area contributed by atoms with Gasteiger partial charge in [0.2, 0.25) is 5.91 Å². The number of hydrogen-bond acceptors (Lipinski definition) is 2. The van der Waals surface area contributed by atoms with Gasteiger partial charge in [0, 0.05) is 25.6 Å². The van der Waals surface area contributed by atoms with Crippen LogP contribution in [0.4, 0.5) is 10.1 Å². The first-order valence-corrected chi connectivity index (χ1v) is 8.92. The highest BCUT2D eigenvalue weighted by molar-refractivity contribution is 5.76. The monoisotopic (exact) mass is 318 g/mol. The molecule has 1 heterocycles. The molecule has 0 radical (unpaired) electrons. The molecule has 1 N–H and O–H groups in total. The number of piperidine rings is 1. The lowest BCUT2D eigenvalue weighted by molar-refractivity contribution is -0.122. The van der Waals surface area contributed by atoms with Crippen molar-refractivity contribution in [2.45, 2.75) is 57.9 Å². The quantitative estimate of drug-likeness (QED) is 0.916. The van der Waals surface area contributed by atoms with Crippen molar-refractivity contribution in [3.05, 3.63) is 29.6 Å². The van der Waals surface area contributed by atoms with Gasteiger partial charge in [-0.05, 0) is 56.2 Å². The van der Waals surface area contributed by atoms with Crippen LogP contribution in [0.15, 0.2) is 18.2 Å². The standard InChI is InChI=1S/C19H27FN2O/c1-14-8-9-17(20)18(11-14)22-10-4-7-16(13-22)21-19(23)12-15-5-2-3-6-15/h8-9,11,15-16H,2-7,10,12-13H2,1H3,(H,21,23). The van der Waals surface area contributed by atoms with Crippen LogP contribution in [-0.2, 0) is 4.79 Å². The van der Waals surface area contributed by atoms with Crippen molar-refractivity contribution < 1.29 is 9.18 Å². The minimum atomic E-state index is -0.173. The minimum absolute atomic E-state index is 0.137. The molecule has 1 saturated heterocycles. The summed E-state index contributed by atoms with van der Waals surface area (Å²) in [5.74, 6) is 0.575. The van der Waals surface area contributed by atoms with Crippen molar-refractivity contribution in [3.8, 4) is 0 Å². The Morgan fingerprint density at radius 3 is 2.83 bits per heavy atom. The summed E-state index contributed by atoms with van der Waals surface area (Å²) in [5.41, 5.74) is 1.73. The summed E-state index contributed by atoms with van der Waals surface area (Å²) in [7, 11) is 0. The Morgan fingerprint density at radius 1 is 1.26 bits per heavy atom. The highest BCUT2D eigenvalue weighted by Crippen LogP contribution is 2.28. The number of rotatable bonds is 4. The van der Waals surface area contributed by atoms with Crippen LogP contribution in [0.1, 0.15) is 50.5 Å². The van der Waals surface area contributed by atoms with Gasteiger partial charge in [0.25, 0.3) is 0 Å². The predicted molar refractivity (Wildman–Crippen MR) is 91.1 cm³/mol. The minimum Gasteiger partial charge on any atom is -0.367 e. The third-order valence-corrected chi connectivity index (χ3v) is 5.18. The molecule has 2 fully saturated rings. The third kappa shape index (κ3) is 4.24. The molecule has 0 bridgehead atoms. The summed E-state index contributed by atoms with van der Waals surface area (Å²) >= 11 is 0. The van der Waals surface area contributed by atoms with Crippen LogP contribution in [-0.4, -0.2) is 25.0 Å². The molecule has 1 atom stereocenters. The number of benzene rings is 1. The Labute approximate surface area is 138 Å². The third-order valence-electron chi connectivity index (χ3n) is 5.18. The van der Waals surface area contributed by atoms with E-state index in [1.54, 1.807) is 6.07 Å². The molecule has 0 aromatic heterocycles. The van der Waals surface area contributed by atoms with E-state index < -0.39 is 0 Å². The van der Waals surface area contributed by atoms with Crippen LogP contribution in [0.25, 0.3) is 0 Å². The van der Waals surface area contributed by atoms with Gasteiger partial charge >= 0.3 is 0 Å². The Morgan fingerprint density at radius 2 is 2.04 bits per heavy atom. The molecule has 2 aliphatic rings. The van der Waals surface area contributed by atoms with Gasteiger partial charge in [-0.2, -0.15) is 0 Å². The van der Waals surface area contributed by atoms with Gasteiger partial charge in [-0.25, -0.2) is 4.39 Å². The molecule has 3 nitrogen and oxygen atoms in total. The lowest BCUT2D eigenvalue weighted by Gasteiger charge is -2.35. The molecule has 23 heavy (non-hydrogen) atoms. The fourth-order valence-electron chi connectivity index (χ4n) is 3.94. The number of hydrogen-bond donors (Lipinski definition) is 1. The molecular weight excluding hydrogens is 291 g/mol. The number of nitrogens with one attached hydrogen (secondary N) is 1. The molecule has 1 unspecified atom stereocenters. The number of carbonyl (C=O) groups is 1. The van der Waals surface area contributed by atoms with Crippen molar-refractivity contribution in [2.75, 3.05) is 18.0 Å². The second-order valence-electron chi connectivity index (χ2n) is 7.16. The Hall–Kier alpha value is -1.58. The maximum absolute atomic E-state index is 14.1. The molecule has 126 valence electrons. The SMILES string of the molecule is Cc1ccc(F)c(N2CCCC(NC(=O)CC3CCCC3)C2)c1. The Kier molecular flexibility index (Phi) is 5.19. The molecule has 1 aliphatic heterocycles. The van der Waals surface area contributed by atoms with Gasteiger partial charge in [-0.3, -0.25) is 4.79 Å². The summed E-state index contributed by atoms with van der Waals surface area (Å²) in [6.45, 7) is 3.54. The summed E-state index contributed by atoms with van der Waals surface area (Å²) in [5, 5.41) is 3.18. The topological polar surface area (TPSA) is 32.3 Å². The molecule has 3 rings (SSSR count). The number of halogens is 1. The smallest absolute Gasteiger partial charge is 0.220 e. The molecule has 1 saturated carbocycles. The van der Waals surface area contributed by atoms with Crippen LogP contribution < -0.4 is 10.2 Å². The molecule has 1 aromatic carbocycles. The van der Waals surface area contributed by atoms with Crippen LogP contribution in [0, 0.1) is 18.7 Å². The van der Waals surface area contributed by atoms with Crippen molar-refractivity contribution in [1.29, 1.82) is 0 Å². The van der Waals surface area contributed by atoms with E-state index in [0.717, 1.165) is 24.9 Å². The van der Waals surface area contributed by atoms with Gasteiger partial charge in [0.15, 0.2) is 0 Å². The lowest BCUT2D eigenvalue weighted by Crippen LogP contribution is -2.48. The summed E-state index contributed by atoms with van der Waals surface area (Å²) in [6, 6.07) is 5.37. The average molecular weight is 318 g/mol. The maximum Gasteiger partial charge on any atom is 0.220 e. The Balaban J connectivity index is 1.57. The first-order chi connectivity index (χ1) is 11.1. The lowest BCUT2D eigenvalue weighted by atomic mass is 10.0. The van der Waals surface area contributed by atoms with Gasteiger partial charge in [0.1, 0.15) is 5.82 Å². The van der Waals surface area contributed by atoms with Gasteiger partial charge in [-0.1, -0.05) is 18.9 Å². The number of aryl methyl sites for hydroxylation is 1. The maximum atomic E-state index is 14.1. The Bertz CT molecular complexity index is 554. The van der Waals surface area contributed by atoms with Crippen molar-refractivity contribution in [2.24, 2.45) is 5.92 Å². The largest absolute Gasteiger partial charge is 0.367 e. The molecule has 4 heteroatoms. The number of anilines is 1. The van der Waals surface area contributed by atoms with E-state index in [4.69, 9.17) is 0 Å². The van der Waals surface area contributed by atoms with E-state index in [2.05, 4.69) is 10.2 Å². The van der Waals surface area contributed by atoms with E-state index in [1.807, 2.05) is 13.0 Å². The summed E-state index contributed by atoms with van der Waals surface area (Å²) < 4.78 is 14.1. The van der Waals surface area contributed by atoms with Crippen molar-refractivity contribution >= 4 is 11.6 Å². The number of amides is 1. The normalized spacial score (nSPS) is 22.3. The fraction of sp³-hybridized carbons (Fsp3) is 0.632. The second-order valence-corrected chi connectivity index (χ2v) is 7.16. The molecule has 1 aromatic rings. The number of carbonyl (C=O) groups excluding carboxylic acids is 1. The van der Waals surface area contributed by atoms with E-state index in [9.17, 15) is 9.18 Å². The highest BCUT2D eigenvalue weighted by atomic mass is 19.1. The zero-order valence-electron chi connectivity index (χ0n) is 14.0. The molecular formula is C19H27FN2O. The van der Waals surface area contributed by atoms with Crippen LogP contribution >= 0.6 is 0 Å². The van der Waals surface area contributed by atoms with Crippen LogP contribution in [0.2, 0.25) is 0 Å². The van der Waals surface area contributed by atoms with Gasteiger partial charge in [0.05, 0.1) is 5.69 Å². The van der Waals surface area contributed by atoms with Crippen molar-refractivity contribution in [3.63, 3.8) is 0 Å². The average Bonchev–Trinajstić information content (AvgIpc) is 3.02. The van der Waals surface area contributed by atoms with Crippen LogP contribution in [0.5, 0.6) is 0 Å². The predicted octanol–water partition coefficient (Wildman–Crippen LogP) is 3.80. The van der Waals surface area contributed by atoms with E-state index in [1.165, 1.54) is 31.7 Å². The first-order valence-electron chi connectivity index (χ1n) is 8.92. The highest BCUT2D eigenvalue weighted by Gasteiger charge is 2.25. The zero-order chi connectivity index (χ0) is 16.2. The van der Waals surface area contributed by atoms with Gasteiger partial charge < -0.3 is 10.2 Å². The van der Waals surface area contributed by atoms with E-state index in [-0.39, 0.29) is 17.8 Å². The first kappa shape index (κ1) is 16.3. The second kappa shape index (κ2) is 7.33. The number of nitrogens with zero attached hydrogens (tertiary/aromatic N) is 1. The molecule has 0 spiro atoms. The van der Waals surface area contributed by atoms with E-state index in [0.29, 0.717) is 24.6 Å². The summed E-state index contributed by atoms with van der Waals surface area (Å²) in [4.78, 5) is 14.3. The molecule has 1 aliphatic carbocycles.